The quantitative estimate of drug-likeness (QED) is 0.371. The summed E-state index contributed by atoms with van der Waals surface area (Å²) < 4.78 is 7.15. The van der Waals surface area contributed by atoms with Gasteiger partial charge in [-0.05, 0) is 42.5 Å². The van der Waals surface area contributed by atoms with Crippen LogP contribution in [0.2, 0.25) is 0 Å². The highest BCUT2D eigenvalue weighted by molar-refractivity contribution is 8.00. The number of benzene rings is 2. The van der Waals surface area contributed by atoms with Gasteiger partial charge in [0.15, 0.2) is 5.82 Å². The van der Waals surface area contributed by atoms with Crippen LogP contribution in [0.1, 0.15) is 43.6 Å². The first kappa shape index (κ1) is 22.7. The second-order valence-corrected chi connectivity index (χ2v) is 8.88. The van der Waals surface area contributed by atoms with Crippen LogP contribution in [0.4, 0.5) is 0 Å². The number of carbonyl (C=O) groups excluding carboxylic acids is 1. The molecule has 0 aliphatic rings. The maximum absolute atomic E-state index is 12.4. The summed E-state index contributed by atoms with van der Waals surface area (Å²) in [5.41, 5.74) is 2.44. The Kier molecular flexibility index (Phi) is 7.94. The Morgan fingerprint density at radius 1 is 1.10 bits per heavy atom. The van der Waals surface area contributed by atoms with Crippen LogP contribution in [0.15, 0.2) is 59.8 Å². The second kappa shape index (κ2) is 10.9. The first-order valence-corrected chi connectivity index (χ1v) is 11.2. The summed E-state index contributed by atoms with van der Waals surface area (Å²) in [6.07, 6.45) is 0.788. The molecule has 1 aromatic heterocycles. The molecule has 2 aromatic carbocycles. The third-order valence-electron chi connectivity index (χ3n) is 4.86. The molecule has 1 atom stereocenters. The molecule has 1 heterocycles. The minimum Gasteiger partial charge on any atom is -0.486 e. The number of nitrogens with one attached hydrogen (secondary N) is 1. The molecule has 3 aromatic rings. The molecule has 1 unspecified atom stereocenters. The van der Waals surface area contributed by atoms with Crippen LogP contribution in [-0.2, 0) is 17.8 Å². The minimum atomic E-state index is -0.348. The average molecular weight is 440 g/mol. The summed E-state index contributed by atoms with van der Waals surface area (Å²) >= 11 is 1.27. The van der Waals surface area contributed by atoms with Gasteiger partial charge in [-0.3, -0.25) is 4.79 Å². The smallest absolute Gasteiger partial charge is 0.233 e. The molecule has 0 fully saturated rings. The molecular formula is C23H29N5O2S. The van der Waals surface area contributed by atoms with Crippen LogP contribution in [0.5, 0.6) is 5.75 Å². The molecule has 0 radical (unpaired) electrons. The summed E-state index contributed by atoms with van der Waals surface area (Å²) in [6, 6.07) is 18.0. The normalized spacial score (nSPS) is 12.0. The van der Waals surface area contributed by atoms with E-state index in [1.54, 1.807) is 0 Å². The Bertz CT molecular complexity index is 973. The molecule has 1 amide bonds. The number of rotatable bonds is 10. The van der Waals surface area contributed by atoms with Crippen molar-refractivity contribution < 1.29 is 9.53 Å². The van der Waals surface area contributed by atoms with Crippen molar-refractivity contribution in [3.05, 3.63) is 71.5 Å². The maximum Gasteiger partial charge on any atom is 0.233 e. The first-order valence-electron chi connectivity index (χ1n) is 10.3. The molecule has 164 valence electrons. The Morgan fingerprint density at radius 2 is 1.81 bits per heavy atom. The zero-order valence-electron chi connectivity index (χ0n) is 18.1. The van der Waals surface area contributed by atoms with E-state index in [-0.39, 0.29) is 17.8 Å². The third-order valence-corrected chi connectivity index (χ3v) is 5.91. The summed E-state index contributed by atoms with van der Waals surface area (Å²) in [5, 5.41) is 11.3. The molecule has 8 heteroatoms. The van der Waals surface area contributed by atoms with Crippen LogP contribution in [0.3, 0.4) is 0 Å². The zero-order chi connectivity index (χ0) is 22.2. The van der Waals surface area contributed by atoms with Crippen LogP contribution in [0, 0.1) is 0 Å². The molecule has 0 spiro atoms. The lowest BCUT2D eigenvalue weighted by molar-refractivity contribution is -0.120. The van der Waals surface area contributed by atoms with Crippen molar-refractivity contribution in [2.45, 2.75) is 50.1 Å². The van der Waals surface area contributed by atoms with Crippen molar-refractivity contribution >= 4 is 17.7 Å². The summed E-state index contributed by atoms with van der Waals surface area (Å²) in [7, 11) is 0. The minimum absolute atomic E-state index is 0.0630. The van der Waals surface area contributed by atoms with Gasteiger partial charge in [-0.15, -0.1) is 10.2 Å². The SMILES string of the molecule is CC(Sc1nnc(COc2ccc(C(C)C)cc2)n1N)C(=O)NCCc1ccccc1. The van der Waals surface area contributed by atoms with Crippen molar-refractivity contribution in [2.24, 2.45) is 0 Å². The van der Waals surface area contributed by atoms with Gasteiger partial charge < -0.3 is 15.9 Å². The highest BCUT2D eigenvalue weighted by atomic mass is 32.2. The molecular weight excluding hydrogens is 410 g/mol. The largest absolute Gasteiger partial charge is 0.486 e. The lowest BCUT2D eigenvalue weighted by Crippen LogP contribution is -2.32. The van der Waals surface area contributed by atoms with Crippen molar-refractivity contribution in [3.8, 4) is 5.75 Å². The van der Waals surface area contributed by atoms with Gasteiger partial charge in [0.25, 0.3) is 0 Å². The molecule has 0 aliphatic heterocycles. The number of nitrogens with zero attached hydrogens (tertiary/aromatic N) is 3. The van der Waals surface area contributed by atoms with E-state index in [2.05, 4.69) is 29.4 Å². The number of amides is 1. The number of hydrogen-bond acceptors (Lipinski definition) is 6. The standard InChI is InChI=1S/C23H29N5O2S/c1-16(2)19-9-11-20(12-10-19)30-15-21-26-27-23(28(21)24)31-17(3)22(29)25-14-13-18-7-5-4-6-8-18/h4-12,16-17H,13-15,24H2,1-3H3,(H,25,29). The highest BCUT2D eigenvalue weighted by Crippen LogP contribution is 2.22. The number of nitrogen functional groups attached to an aromatic ring is 1. The fourth-order valence-electron chi connectivity index (χ4n) is 2.91. The summed E-state index contributed by atoms with van der Waals surface area (Å²) in [5.74, 6) is 7.76. The Morgan fingerprint density at radius 3 is 2.48 bits per heavy atom. The van der Waals surface area contributed by atoms with Gasteiger partial charge in [-0.2, -0.15) is 0 Å². The van der Waals surface area contributed by atoms with Crippen molar-refractivity contribution in [2.75, 3.05) is 12.4 Å². The van der Waals surface area contributed by atoms with Gasteiger partial charge >= 0.3 is 0 Å². The molecule has 0 bridgehead atoms. The lowest BCUT2D eigenvalue weighted by atomic mass is 10.0. The van der Waals surface area contributed by atoms with E-state index in [1.165, 1.54) is 27.6 Å². The predicted molar refractivity (Wildman–Crippen MR) is 124 cm³/mol. The van der Waals surface area contributed by atoms with E-state index in [0.29, 0.717) is 23.4 Å². The molecule has 31 heavy (non-hydrogen) atoms. The first-order chi connectivity index (χ1) is 14.9. The second-order valence-electron chi connectivity index (χ2n) is 7.57. The number of thioether (sulfide) groups is 1. The van der Waals surface area contributed by atoms with Gasteiger partial charge in [-0.1, -0.05) is 68.1 Å². The number of aromatic nitrogens is 3. The van der Waals surface area contributed by atoms with Gasteiger partial charge in [0.2, 0.25) is 11.1 Å². The highest BCUT2D eigenvalue weighted by Gasteiger charge is 2.19. The Hall–Kier alpha value is -3.00. The zero-order valence-corrected chi connectivity index (χ0v) is 18.9. The van der Waals surface area contributed by atoms with Crippen LogP contribution < -0.4 is 15.9 Å². The molecule has 7 nitrogen and oxygen atoms in total. The molecule has 3 rings (SSSR count). The molecule has 0 saturated carbocycles. The molecule has 0 saturated heterocycles. The molecule has 3 N–H and O–H groups in total. The van der Waals surface area contributed by atoms with E-state index in [1.807, 2.05) is 61.5 Å². The van der Waals surface area contributed by atoms with E-state index >= 15 is 0 Å². The van der Waals surface area contributed by atoms with Crippen LogP contribution in [-0.4, -0.2) is 32.6 Å². The summed E-state index contributed by atoms with van der Waals surface area (Å²) in [6.45, 7) is 6.90. The van der Waals surface area contributed by atoms with Gasteiger partial charge in [-0.25, -0.2) is 4.68 Å². The van der Waals surface area contributed by atoms with Crippen molar-refractivity contribution in [3.63, 3.8) is 0 Å². The average Bonchev–Trinajstić information content (AvgIpc) is 3.12. The van der Waals surface area contributed by atoms with Crippen LogP contribution in [0.25, 0.3) is 0 Å². The van der Waals surface area contributed by atoms with E-state index in [9.17, 15) is 4.79 Å². The number of ether oxygens (including phenoxy) is 1. The van der Waals surface area contributed by atoms with Crippen molar-refractivity contribution in [1.29, 1.82) is 0 Å². The fourth-order valence-corrected chi connectivity index (χ4v) is 3.73. The third kappa shape index (κ3) is 6.49. The summed E-state index contributed by atoms with van der Waals surface area (Å²) in [4.78, 5) is 12.4. The fraction of sp³-hybridized carbons (Fsp3) is 0.348. The van der Waals surface area contributed by atoms with Crippen LogP contribution >= 0.6 is 11.8 Å². The van der Waals surface area contributed by atoms with Gasteiger partial charge in [0.05, 0.1) is 5.25 Å². The Labute approximate surface area is 187 Å². The molecule has 0 aliphatic carbocycles. The number of carbonyl (C=O) groups is 1. The van der Waals surface area contributed by atoms with Crippen molar-refractivity contribution in [1.82, 2.24) is 20.2 Å². The maximum atomic E-state index is 12.4. The van der Waals surface area contributed by atoms with Gasteiger partial charge in [0, 0.05) is 6.54 Å². The Balaban J connectivity index is 1.47. The van der Waals surface area contributed by atoms with E-state index in [4.69, 9.17) is 10.6 Å². The monoisotopic (exact) mass is 439 g/mol. The topological polar surface area (TPSA) is 95.1 Å². The van der Waals surface area contributed by atoms with Gasteiger partial charge in [0.1, 0.15) is 12.4 Å². The lowest BCUT2D eigenvalue weighted by Gasteiger charge is -2.12. The van der Waals surface area contributed by atoms with E-state index in [0.717, 1.165) is 12.2 Å². The number of hydrogen-bond donors (Lipinski definition) is 2. The number of nitrogens with two attached hydrogens (primary N) is 1. The van der Waals surface area contributed by atoms with E-state index < -0.39 is 0 Å². The predicted octanol–water partition coefficient (Wildman–Crippen LogP) is 3.53.